The van der Waals surface area contributed by atoms with Crippen molar-refractivity contribution in [3.8, 4) is 0 Å². The molecule has 0 aliphatic carbocycles. The lowest BCUT2D eigenvalue weighted by atomic mass is 10.2. The fourth-order valence-corrected chi connectivity index (χ4v) is 2.46. The van der Waals surface area contributed by atoms with Crippen LogP contribution in [-0.2, 0) is 5.75 Å². The maximum absolute atomic E-state index is 8.40. The molecule has 2 aromatic rings. The molecule has 2 aromatic carbocycles. The standard InChI is InChI=1S/C14H13ClN2OS/c15-12-3-1-11(2-4-12)9-19-14-7-5-13(6-8-14)16-10-17-18/h1-8,10,18H,9H2,(H,16,17). The van der Waals surface area contributed by atoms with E-state index in [9.17, 15) is 0 Å². The Morgan fingerprint density at radius 3 is 2.42 bits per heavy atom. The van der Waals surface area contributed by atoms with E-state index in [1.54, 1.807) is 11.8 Å². The molecule has 2 rings (SSSR count). The summed E-state index contributed by atoms with van der Waals surface area (Å²) in [4.78, 5) is 5.16. The molecule has 3 nitrogen and oxygen atoms in total. The van der Waals surface area contributed by atoms with Gasteiger partial charge in [-0.25, -0.2) is 4.99 Å². The molecule has 0 atom stereocenters. The fraction of sp³-hybridized carbons (Fsp3) is 0.0714. The second-order valence-corrected chi connectivity index (χ2v) is 5.28. The molecule has 0 bridgehead atoms. The van der Waals surface area contributed by atoms with Gasteiger partial charge in [0.2, 0.25) is 0 Å². The largest absolute Gasteiger partial charge is 0.290 e. The van der Waals surface area contributed by atoms with Crippen LogP contribution in [0.3, 0.4) is 0 Å². The maximum atomic E-state index is 8.40. The molecule has 0 saturated heterocycles. The Labute approximate surface area is 121 Å². The smallest absolute Gasteiger partial charge is 0.113 e. The van der Waals surface area contributed by atoms with Gasteiger partial charge in [0.15, 0.2) is 0 Å². The molecule has 0 saturated carbocycles. The number of nitrogens with one attached hydrogen (secondary N) is 1. The predicted molar refractivity (Wildman–Crippen MR) is 80.5 cm³/mol. The van der Waals surface area contributed by atoms with Crippen molar-refractivity contribution in [1.29, 1.82) is 0 Å². The normalized spacial score (nSPS) is 10.8. The molecule has 0 unspecified atom stereocenters. The Morgan fingerprint density at radius 1 is 1.11 bits per heavy atom. The van der Waals surface area contributed by atoms with Gasteiger partial charge in [-0.1, -0.05) is 23.7 Å². The number of nitrogens with zero attached hydrogens (tertiary/aromatic N) is 1. The number of aliphatic imine (C=N–C) groups is 1. The van der Waals surface area contributed by atoms with Crippen LogP contribution in [-0.4, -0.2) is 11.5 Å². The van der Waals surface area contributed by atoms with E-state index in [0.717, 1.165) is 16.5 Å². The van der Waals surface area contributed by atoms with Crippen LogP contribution in [0, 0.1) is 0 Å². The number of rotatable bonds is 5. The lowest BCUT2D eigenvalue weighted by Crippen LogP contribution is -2.00. The summed E-state index contributed by atoms with van der Waals surface area (Å²) in [5, 5.41) is 9.16. The molecular weight excluding hydrogens is 280 g/mol. The van der Waals surface area contributed by atoms with Crippen LogP contribution in [0.4, 0.5) is 5.69 Å². The van der Waals surface area contributed by atoms with Gasteiger partial charge in [0.05, 0.1) is 5.69 Å². The number of halogens is 1. The highest BCUT2D eigenvalue weighted by Crippen LogP contribution is 2.25. The summed E-state index contributed by atoms with van der Waals surface area (Å²) >= 11 is 7.60. The Bertz CT molecular complexity index is 540. The first-order chi connectivity index (χ1) is 9.28. The zero-order valence-corrected chi connectivity index (χ0v) is 11.7. The summed E-state index contributed by atoms with van der Waals surface area (Å²) in [5.74, 6) is 0.901. The van der Waals surface area contributed by atoms with Gasteiger partial charge in [0.25, 0.3) is 0 Å². The van der Waals surface area contributed by atoms with Crippen LogP contribution >= 0.6 is 23.4 Å². The van der Waals surface area contributed by atoms with E-state index in [4.69, 9.17) is 16.8 Å². The average molecular weight is 293 g/mol. The van der Waals surface area contributed by atoms with Crippen molar-refractivity contribution in [3.05, 3.63) is 59.1 Å². The number of hydroxylamine groups is 1. The molecule has 0 aliphatic heterocycles. The molecule has 19 heavy (non-hydrogen) atoms. The van der Waals surface area contributed by atoms with E-state index in [1.807, 2.05) is 54.0 Å². The Kier molecular flexibility index (Phi) is 5.27. The molecule has 5 heteroatoms. The highest BCUT2D eigenvalue weighted by molar-refractivity contribution is 7.98. The average Bonchev–Trinajstić information content (AvgIpc) is 2.46. The number of hydrogen-bond acceptors (Lipinski definition) is 3. The van der Waals surface area contributed by atoms with Crippen molar-refractivity contribution in [3.63, 3.8) is 0 Å². The lowest BCUT2D eigenvalue weighted by molar-refractivity contribution is 0.240. The highest BCUT2D eigenvalue weighted by atomic mass is 35.5. The molecule has 0 heterocycles. The van der Waals surface area contributed by atoms with Gasteiger partial charge < -0.3 is 0 Å². The second-order valence-electron chi connectivity index (χ2n) is 3.80. The summed E-state index contributed by atoms with van der Waals surface area (Å²) in [7, 11) is 0. The van der Waals surface area contributed by atoms with E-state index < -0.39 is 0 Å². The fourth-order valence-electron chi connectivity index (χ4n) is 1.48. The lowest BCUT2D eigenvalue weighted by Gasteiger charge is -2.03. The van der Waals surface area contributed by atoms with Gasteiger partial charge in [0.1, 0.15) is 6.34 Å². The van der Waals surface area contributed by atoms with Crippen LogP contribution < -0.4 is 5.48 Å². The molecule has 0 aromatic heterocycles. The summed E-state index contributed by atoms with van der Waals surface area (Å²) in [6, 6.07) is 15.7. The van der Waals surface area contributed by atoms with E-state index in [2.05, 4.69) is 4.99 Å². The third-order valence-electron chi connectivity index (χ3n) is 2.43. The van der Waals surface area contributed by atoms with Crippen molar-refractivity contribution < 1.29 is 5.21 Å². The van der Waals surface area contributed by atoms with Crippen LogP contribution in [0.25, 0.3) is 0 Å². The third kappa shape index (κ3) is 4.59. The minimum atomic E-state index is 0.758. The number of thioether (sulfide) groups is 1. The van der Waals surface area contributed by atoms with Crippen LogP contribution in [0.2, 0.25) is 5.02 Å². The van der Waals surface area contributed by atoms with Crippen molar-refractivity contribution in [2.24, 2.45) is 4.99 Å². The van der Waals surface area contributed by atoms with E-state index >= 15 is 0 Å². The topological polar surface area (TPSA) is 44.6 Å². The Morgan fingerprint density at radius 2 is 1.79 bits per heavy atom. The van der Waals surface area contributed by atoms with Gasteiger partial charge in [-0.3, -0.25) is 10.7 Å². The summed E-state index contributed by atoms with van der Waals surface area (Å²) in [6.07, 6.45) is 1.23. The number of benzene rings is 2. The van der Waals surface area contributed by atoms with Crippen LogP contribution in [0.15, 0.2) is 58.4 Å². The molecule has 0 amide bonds. The third-order valence-corrected chi connectivity index (χ3v) is 3.76. The Hall–Kier alpha value is -1.49. The monoisotopic (exact) mass is 292 g/mol. The zero-order valence-electron chi connectivity index (χ0n) is 10.1. The van der Waals surface area contributed by atoms with Crippen molar-refractivity contribution in [2.75, 3.05) is 0 Å². The van der Waals surface area contributed by atoms with E-state index in [1.165, 1.54) is 16.8 Å². The van der Waals surface area contributed by atoms with Gasteiger partial charge in [-0.2, -0.15) is 0 Å². The van der Waals surface area contributed by atoms with Gasteiger partial charge >= 0.3 is 0 Å². The Balaban J connectivity index is 1.92. The molecular formula is C14H13ClN2OS. The molecule has 0 fully saturated rings. The van der Waals surface area contributed by atoms with Gasteiger partial charge in [-0.05, 0) is 42.0 Å². The quantitative estimate of drug-likeness (QED) is 0.374. The van der Waals surface area contributed by atoms with Crippen molar-refractivity contribution >= 4 is 35.4 Å². The molecule has 0 aliphatic rings. The van der Waals surface area contributed by atoms with Crippen molar-refractivity contribution in [1.82, 2.24) is 5.48 Å². The minimum absolute atomic E-state index is 0.758. The van der Waals surface area contributed by atoms with Gasteiger partial charge in [-0.15, -0.1) is 11.8 Å². The highest BCUT2D eigenvalue weighted by Gasteiger charge is 1.97. The summed E-state index contributed by atoms with van der Waals surface area (Å²) in [5.41, 5.74) is 3.90. The molecule has 2 N–H and O–H groups in total. The minimum Gasteiger partial charge on any atom is -0.290 e. The second kappa shape index (κ2) is 7.19. The van der Waals surface area contributed by atoms with E-state index in [0.29, 0.717) is 0 Å². The van der Waals surface area contributed by atoms with Crippen LogP contribution in [0.5, 0.6) is 0 Å². The molecule has 98 valence electrons. The summed E-state index contributed by atoms with van der Waals surface area (Å²) in [6.45, 7) is 0. The van der Waals surface area contributed by atoms with Gasteiger partial charge in [0, 0.05) is 15.7 Å². The number of hydrogen-bond donors (Lipinski definition) is 2. The first kappa shape index (κ1) is 13.9. The molecule has 0 radical (unpaired) electrons. The predicted octanol–water partition coefficient (Wildman–Crippen LogP) is 4.27. The SMILES string of the molecule is ONC=Nc1ccc(SCc2ccc(Cl)cc2)cc1. The molecule has 0 spiro atoms. The zero-order chi connectivity index (χ0) is 13.5. The van der Waals surface area contributed by atoms with Crippen LogP contribution in [0.1, 0.15) is 5.56 Å². The maximum Gasteiger partial charge on any atom is 0.113 e. The summed E-state index contributed by atoms with van der Waals surface area (Å²) < 4.78 is 0. The van der Waals surface area contributed by atoms with E-state index in [-0.39, 0.29) is 0 Å². The first-order valence-corrected chi connectivity index (χ1v) is 7.04. The van der Waals surface area contributed by atoms with Crippen molar-refractivity contribution in [2.45, 2.75) is 10.6 Å². The first-order valence-electron chi connectivity index (χ1n) is 5.67.